The average Bonchev–Trinajstić information content (AvgIpc) is 2.01. The molecule has 0 amide bonds. The van der Waals surface area contributed by atoms with Crippen molar-refractivity contribution >= 4 is 40.8 Å². The van der Waals surface area contributed by atoms with Gasteiger partial charge in [0, 0.05) is 7.05 Å². The lowest BCUT2D eigenvalue weighted by atomic mass is 10.8. The van der Waals surface area contributed by atoms with Gasteiger partial charge in [-0.1, -0.05) is 0 Å². The monoisotopic (exact) mass is 218 g/mol. The van der Waals surface area contributed by atoms with Crippen LogP contribution in [0.25, 0.3) is 0 Å². The molecule has 0 aliphatic heterocycles. The molecule has 1 rings (SSSR count). The fraction of sp³-hybridized carbons (Fsp3) is 0.200. The van der Waals surface area contributed by atoms with Gasteiger partial charge in [0.15, 0.2) is 5.11 Å². The molecule has 0 aromatic carbocycles. The molecule has 1 heterocycles. The normalized spacial score (nSPS) is 9.38. The van der Waals surface area contributed by atoms with Gasteiger partial charge in [0.1, 0.15) is 0 Å². The minimum Gasteiger partial charge on any atom is -0.376 e. The highest BCUT2D eigenvalue weighted by Crippen LogP contribution is 2.08. The van der Waals surface area contributed by atoms with Crippen molar-refractivity contribution in [3.05, 3.63) is 5.28 Å². The zero-order valence-electron chi connectivity index (χ0n) is 6.71. The van der Waals surface area contributed by atoms with Gasteiger partial charge in [0.25, 0.3) is 0 Å². The predicted octanol–water partition coefficient (Wildman–Crippen LogP) is 0.222. The van der Waals surface area contributed by atoms with Crippen LogP contribution in [0.5, 0.6) is 0 Å². The Labute approximate surface area is 84.9 Å². The van der Waals surface area contributed by atoms with Gasteiger partial charge in [-0.2, -0.15) is 15.0 Å². The number of anilines is 2. The molecular formula is C5H7ClN6S. The van der Waals surface area contributed by atoms with Crippen LogP contribution in [0.1, 0.15) is 0 Å². The van der Waals surface area contributed by atoms with E-state index in [4.69, 9.17) is 17.3 Å². The molecule has 0 atom stereocenters. The fourth-order valence-corrected chi connectivity index (χ4v) is 0.879. The van der Waals surface area contributed by atoms with Gasteiger partial charge < -0.3 is 16.4 Å². The van der Waals surface area contributed by atoms with E-state index in [0.717, 1.165) is 0 Å². The number of hydrogen-bond acceptors (Lipinski definition) is 5. The molecule has 1 aromatic rings. The molecule has 0 saturated heterocycles. The Balaban J connectivity index is 2.94. The molecule has 0 unspecified atom stereocenters. The molecule has 8 heteroatoms. The van der Waals surface area contributed by atoms with Crippen molar-refractivity contribution in [2.75, 3.05) is 17.7 Å². The largest absolute Gasteiger partial charge is 0.376 e. The Hall–Kier alpha value is -1.21. The first kappa shape index (κ1) is 9.87. The first-order valence-corrected chi connectivity index (χ1v) is 4.06. The Morgan fingerprint density at radius 3 is 2.54 bits per heavy atom. The van der Waals surface area contributed by atoms with Crippen molar-refractivity contribution in [2.24, 2.45) is 5.73 Å². The number of thiocarbonyl (C=S) groups is 1. The molecule has 4 N–H and O–H groups in total. The van der Waals surface area contributed by atoms with Crippen LogP contribution in [0.4, 0.5) is 11.9 Å². The van der Waals surface area contributed by atoms with Gasteiger partial charge in [-0.3, -0.25) is 0 Å². The second-order valence-corrected chi connectivity index (χ2v) is 2.77. The molecule has 0 radical (unpaired) electrons. The smallest absolute Gasteiger partial charge is 0.235 e. The van der Waals surface area contributed by atoms with Gasteiger partial charge in [-0.15, -0.1) is 0 Å². The summed E-state index contributed by atoms with van der Waals surface area (Å²) in [4.78, 5) is 11.4. The lowest BCUT2D eigenvalue weighted by Crippen LogP contribution is -2.21. The molecule has 0 spiro atoms. The van der Waals surface area contributed by atoms with E-state index in [1.807, 2.05) is 0 Å². The molecule has 13 heavy (non-hydrogen) atoms. The van der Waals surface area contributed by atoms with Crippen molar-refractivity contribution in [3.63, 3.8) is 0 Å². The van der Waals surface area contributed by atoms with Crippen LogP contribution < -0.4 is 16.4 Å². The van der Waals surface area contributed by atoms with Crippen LogP contribution in [0.2, 0.25) is 5.28 Å². The van der Waals surface area contributed by atoms with E-state index in [-0.39, 0.29) is 16.3 Å². The quantitative estimate of drug-likeness (QED) is 0.612. The van der Waals surface area contributed by atoms with Crippen LogP contribution in [0, 0.1) is 0 Å². The van der Waals surface area contributed by atoms with Gasteiger partial charge in [0.2, 0.25) is 17.2 Å². The van der Waals surface area contributed by atoms with Gasteiger partial charge in [-0.25, -0.2) is 0 Å². The number of aromatic nitrogens is 3. The Morgan fingerprint density at radius 1 is 1.38 bits per heavy atom. The van der Waals surface area contributed by atoms with Gasteiger partial charge in [0.05, 0.1) is 0 Å². The van der Waals surface area contributed by atoms with E-state index in [1.54, 1.807) is 7.05 Å². The molecule has 0 saturated carbocycles. The third-order valence-electron chi connectivity index (χ3n) is 1.07. The van der Waals surface area contributed by atoms with Gasteiger partial charge in [-0.05, 0) is 23.8 Å². The predicted molar refractivity (Wildman–Crippen MR) is 54.8 cm³/mol. The second kappa shape index (κ2) is 4.15. The van der Waals surface area contributed by atoms with E-state index in [0.29, 0.717) is 5.95 Å². The van der Waals surface area contributed by atoms with E-state index in [9.17, 15) is 0 Å². The Morgan fingerprint density at radius 2 is 2.00 bits per heavy atom. The van der Waals surface area contributed by atoms with Crippen molar-refractivity contribution in [1.82, 2.24) is 15.0 Å². The minimum atomic E-state index is 0.0677. The first-order valence-electron chi connectivity index (χ1n) is 3.27. The fourth-order valence-electron chi connectivity index (χ4n) is 0.628. The third kappa shape index (κ3) is 2.96. The van der Waals surface area contributed by atoms with Crippen molar-refractivity contribution in [2.45, 2.75) is 0 Å². The molecular weight excluding hydrogens is 212 g/mol. The van der Waals surface area contributed by atoms with Crippen LogP contribution in [0.15, 0.2) is 0 Å². The Kier molecular flexibility index (Phi) is 3.15. The minimum absolute atomic E-state index is 0.0677. The molecule has 0 fully saturated rings. The number of nitrogens with one attached hydrogen (secondary N) is 2. The topological polar surface area (TPSA) is 88.8 Å². The highest BCUT2D eigenvalue weighted by molar-refractivity contribution is 7.80. The first-order chi connectivity index (χ1) is 6.11. The maximum atomic E-state index is 5.59. The highest BCUT2D eigenvalue weighted by Gasteiger charge is 2.03. The summed E-state index contributed by atoms with van der Waals surface area (Å²) in [5.41, 5.74) is 5.22. The number of nitrogens with zero attached hydrogens (tertiary/aromatic N) is 3. The molecule has 0 bridgehead atoms. The zero-order chi connectivity index (χ0) is 9.84. The van der Waals surface area contributed by atoms with Crippen LogP contribution >= 0.6 is 23.8 Å². The van der Waals surface area contributed by atoms with E-state index in [2.05, 4.69) is 37.8 Å². The summed E-state index contributed by atoms with van der Waals surface area (Å²) < 4.78 is 0. The second-order valence-electron chi connectivity index (χ2n) is 1.99. The maximum Gasteiger partial charge on any atom is 0.235 e. The maximum absolute atomic E-state index is 5.59. The summed E-state index contributed by atoms with van der Waals surface area (Å²) in [6.45, 7) is 0. The van der Waals surface area contributed by atoms with Crippen molar-refractivity contribution in [1.29, 1.82) is 0 Å². The summed E-state index contributed by atoms with van der Waals surface area (Å²) in [5.74, 6) is 0.565. The lowest BCUT2D eigenvalue weighted by Gasteiger charge is -2.03. The zero-order valence-corrected chi connectivity index (χ0v) is 8.28. The van der Waals surface area contributed by atoms with Crippen LogP contribution in [-0.4, -0.2) is 27.1 Å². The van der Waals surface area contributed by atoms with Crippen LogP contribution in [-0.2, 0) is 0 Å². The number of rotatable bonds is 2. The number of nitrogens with two attached hydrogens (primary N) is 1. The molecule has 0 aliphatic carbocycles. The molecule has 1 aromatic heterocycles. The van der Waals surface area contributed by atoms with E-state index >= 15 is 0 Å². The lowest BCUT2D eigenvalue weighted by molar-refractivity contribution is 1.06. The van der Waals surface area contributed by atoms with Crippen molar-refractivity contribution < 1.29 is 0 Å². The highest BCUT2D eigenvalue weighted by atomic mass is 35.5. The molecule has 6 nitrogen and oxygen atoms in total. The summed E-state index contributed by atoms with van der Waals surface area (Å²) >= 11 is 10.2. The summed E-state index contributed by atoms with van der Waals surface area (Å²) in [5, 5.41) is 5.39. The SMILES string of the molecule is CNc1nc(Cl)nc(NC(N)=S)n1. The third-order valence-corrected chi connectivity index (χ3v) is 1.34. The number of hydrogen-bond donors (Lipinski definition) is 3. The summed E-state index contributed by atoms with van der Waals surface area (Å²) in [6, 6.07) is 0. The number of halogens is 1. The molecule has 0 aliphatic rings. The van der Waals surface area contributed by atoms with E-state index in [1.165, 1.54) is 0 Å². The molecule has 70 valence electrons. The van der Waals surface area contributed by atoms with E-state index < -0.39 is 0 Å². The standard InChI is InChI=1S/C5H7ClN6S/c1-8-4-9-2(6)10-5(12-4)11-3(7)13/h1H3,(H4,7,8,9,10,11,12,13). The Bertz CT molecular complexity index is 329. The van der Waals surface area contributed by atoms with Gasteiger partial charge >= 0.3 is 0 Å². The van der Waals surface area contributed by atoms with Crippen molar-refractivity contribution in [3.8, 4) is 0 Å². The average molecular weight is 219 g/mol. The van der Waals surface area contributed by atoms with Crippen LogP contribution in [0.3, 0.4) is 0 Å². The summed E-state index contributed by atoms with van der Waals surface area (Å²) in [7, 11) is 1.66. The summed E-state index contributed by atoms with van der Waals surface area (Å²) in [6.07, 6.45) is 0.